The first kappa shape index (κ1) is 15.4. The molecule has 0 aromatic heterocycles. The van der Waals surface area contributed by atoms with E-state index in [0.29, 0.717) is 17.2 Å². The highest BCUT2D eigenvalue weighted by Gasteiger charge is 2.53. The van der Waals surface area contributed by atoms with Crippen LogP contribution < -0.4 is 14.8 Å². The first-order chi connectivity index (χ1) is 11.0. The Morgan fingerprint density at radius 2 is 1.83 bits per heavy atom. The van der Waals surface area contributed by atoms with Gasteiger partial charge in [0.25, 0.3) is 0 Å². The van der Waals surface area contributed by atoms with Crippen molar-refractivity contribution in [2.24, 2.45) is 11.8 Å². The number of amides is 1. The molecule has 2 aliphatic heterocycles. The van der Waals surface area contributed by atoms with Crippen LogP contribution in [0.2, 0.25) is 0 Å². The Bertz CT molecular complexity index is 671. The third-order valence-electron chi connectivity index (χ3n) is 4.15. The van der Waals surface area contributed by atoms with Crippen LogP contribution in [0.3, 0.4) is 0 Å². The summed E-state index contributed by atoms with van der Waals surface area (Å²) in [5.74, 6) is -2.11. The first-order valence-electron chi connectivity index (χ1n) is 7.14. The topological polar surface area (TPSA) is 94.1 Å². The van der Waals surface area contributed by atoms with Gasteiger partial charge in [0.05, 0.1) is 38.0 Å². The summed E-state index contributed by atoms with van der Waals surface area (Å²) in [6.07, 6.45) is 2.36. The fourth-order valence-corrected chi connectivity index (χ4v) is 3.04. The number of hydrogen-bond donors (Lipinski definition) is 2. The maximum Gasteiger partial charge on any atom is 0.310 e. The Balaban J connectivity index is 1.84. The molecular formula is C16H17NO6. The number of hydrogen-bond acceptors (Lipinski definition) is 5. The van der Waals surface area contributed by atoms with Gasteiger partial charge in [0, 0.05) is 6.07 Å². The Kier molecular flexibility index (Phi) is 3.96. The van der Waals surface area contributed by atoms with E-state index in [4.69, 9.17) is 14.2 Å². The number of nitrogens with one attached hydrogen (secondary N) is 1. The van der Waals surface area contributed by atoms with Gasteiger partial charge >= 0.3 is 5.97 Å². The number of benzene rings is 1. The van der Waals surface area contributed by atoms with Crippen molar-refractivity contribution in [2.45, 2.75) is 12.2 Å². The van der Waals surface area contributed by atoms with Crippen LogP contribution in [0.25, 0.3) is 0 Å². The number of methoxy groups -OCH3 is 2. The predicted molar refractivity (Wildman–Crippen MR) is 80.6 cm³/mol. The lowest BCUT2D eigenvalue weighted by Crippen LogP contribution is -2.39. The molecule has 122 valence electrons. The summed E-state index contributed by atoms with van der Waals surface area (Å²) in [7, 11) is 3.00. The van der Waals surface area contributed by atoms with Gasteiger partial charge in [-0.25, -0.2) is 0 Å². The van der Waals surface area contributed by atoms with Gasteiger partial charge in [-0.1, -0.05) is 12.2 Å². The number of aliphatic carboxylic acids is 1. The number of carbonyl (C=O) groups excluding carboxylic acids is 1. The van der Waals surface area contributed by atoms with Crippen LogP contribution in [0.5, 0.6) is 11.5 Å². The minimum atomic E-state index is -1.04. The number of rotatable bonds is 5. The molecule has 2 heterocycles. The fourth-order valence-electron chi connectivity index (χ4n) is 3.04. The van der Waals surface area contributed by atoms with Crippen LogP contribution in [0.1, 0.15) is 0 Å². The summed E-state index contributed by atoms with van der Waals surface area (Å²) < 4.78 is 15.9. The highest BCUT2D eigenvalue weighted by molar-refractivity contribution is 5.97. The Hall–Kier alpha value is -2.54. The molecule has 0 radical (unpaired) electrons. The third kappa shape index (κ3) is 2.63. The quantitative estimate of drug-likeness (QED) is 0.795. The normalized spacial score (nSPS) is 27.7. The van der Waals surface area contributed by atoms with Crippen LogP contribution in [0.4, 0.5) is 5.69 Å². The second-order valence-corrected chi connectivity index (χ2v) is 5.40. The van der Waals surface area contributed by atoms with Crippen molar-refractivity contribution in [1.29, 1.82) is 0 Å². The van der Waals surface area contributed by atoms with E-state index in [1.54, 1.807) is 30.4 Å². The Labute approximate surface area is 132 Å². The summed E-state index contributed by atoms with van der Waals surface area (Å²) in [5, 5.41) is 12.1. The van der Waals surface area contributed by atoms with Gasteiger partial charge < -0.3 is 24.6 Å². The van der Waals surface area contributed by atoms with Gasteiger partial charge in [-0.2, -0.15) is 0 Å². The molecule has 2 aliphatic rings. The van der Waals surface area contributed by atoms with Gasteiger partial charge in [0.1, 0.15) is 17.4 Å². The molecule has 7 nitrogen and oxygen atoms in total. The molecule has 23 heavy (non-hydrogen) atoms. The highest BCUT2D eigenvalue weighted by Crippen LogP contribution is 2.40. The van der Waals surface area contributed by atoms with Crippen molar-refractivity contribution in [2.75, 3.05) is 19.5 Å². The van der Waals surface area contributed by atoms with Crippen molar-refractivity contribution < 1.29 is 28.9 Å². The molecule has 0 aliphatic carbocycles. The number of anilines is 1. The molecule has 2 bridgehead atoms. The van der Waals surface area contributed by atoms with E-state index in [1.165, 1.54) is 14.2 Å². The van der Waals surface area contributed by atoms with Crippen molar-refractivity contribution in [3.05, 3.63) is 30.4 Å². The SMILES string of the molecule is COc1ccc(OC)c(NC(=O)[C@@H]2[C@@H](C(=O)O)[C@H]3C=C[C@@H]2O3)c1. The van der Waals surface area contributed by atoms with E-state index in [2.05, 4.69) is 5.32 Å². The molecule has 2 N–H and O–H groups in total. The second-order valence-electron chi connectivity index (χ2n) is 5.40. The Morgan fingerprint density at radius 3 is 2.43 bits per heavy atom. The molecule has 3 rings (SSSR count). The molecule has 1 aromatic rings. The fraction of sp³-hybridized carbons (Fsp3) is 0.375. The largest absolute Gasteiger partial charge is 0.497 e. The van der Waals surface area contributed by atoms with Gasteiger partial charge in [-0.05, 0) is 12.1 Å². The summed E-state index contributed by atoms with van der Waals surface area (Å²) in [6, 6.07) is 4.99. The molecular weight excluding hydrogens is 302 g/mol. The second kappa shape index (κ2) is 5.92. The van der Waals surface area contributed by atoms with E-state index in [-0.39, 0.29) is 0 Å². The van der Waals surface area contributed by atoms with Crippen LogP contribution in [-0.4, -0.2) is 43.4 Å². The van der Waals surface area contributed by atoms with Crippen LogP contribution in [0.15, 0.2) is 30.4 Å². The molecule has 0 unspecified atom stereocenters. The average molecular weight is 319 g/mol. The zero-order valence-corrected chi connectivity index (χ0v) is 12.7. The maximum absolute atomic E-state index is 12.6. The molecule has 0 spiro atoms. The van der Waals surface area contributed by atoms with Gasteiger partial charge in [-0.3, -0.25) is 9.59 Å². The zero-order valence-electron chi connectivity index (χ0n) is 12.7. The molecule has 4 atom stereocenters. The van der Waals surface area contributed by atoms with E-state index in [9.17, 15) is 14.7 Å². The van der Waals surface area contributed by atoms with E-state index < -0.39 is 35.9 Å². The minimum Gasteiger partial charge on any atom is -0.497 e. The van der Waals surface area contributed by atoms with Crippen LogP contribution in [-0.2, 0) is 14.3 Å². The van der Waals surface area contributed by atoms with E-state index >= 15 is 0 Å². The van der Waals surface area contributed by atoms with Crippen LogP contribution in [0, 0.1) is 11.8 Å². The van der Waals surface area contributed by atoms with Crippen molar-refractivity contribution in [1.82, 2.24) is 0 Å². The van der Waals surface area contributed by atoms with E-state index in [0.717, 1.165) is 0 Å². The van der Waals surface area contributed by atoms with Gasteiger partial charge in [-0.15, -0.1) is 0 Å². The van der Waals surface area contributed by atoms with Gasteiger partial charge in [0.15, 0.2) is 0 Å². The summed E-state index contributed by atoms with van der Waals surface area (Å²) in [6.45, 7) is 0. The standard InChI is InChI=1S/C16H17NO6/c1-21-8-3-4-10(22-2)9(7-8)17-15(18)13-11-5-6-12(23-11)14(13)16(19)20/h3-7,11-14H,1-2H3,(H,17,18)(H,19,20)/t11-,12+,13-,14-/m0/s1. The predicted octanol–water partition coefficient (Wildman–Crippen LogP) is 1.30. The summed E-state index contributed by atoms with van der Waals surface area (Å²) >= 11 is 0. The molecule has 1 saturated heterocycles. The maximum atomic E-state index is 12.6. The number of fused-ring (bicyclic) bond motifs is 2. The summed E-state index contributed by atoms with van der Waals surface area (Å²) in [5.41, 5.74) is 0.424. The smallest absolute Gasteiger partial charge is 0.310 e. The molecule has 1 fully saturated rings. The number of carbonyl (C=O) groups is 2. The molecule has 1 aromatic carbocycles. The third-order valence-corrected chi connectivity index (χ3v) is 4.15. The number of ether oxygens (including phenoxy) is 3. The summed E-state index contributed by atoms with van der Waals surface area (Å²) in [4.78, 5) is 24.0. The average Bonchev–Trinajstić information content (AvgIpc) is 3.15. The number of carboxylic acid groups (broad SMARTS) is 1. The minimum absolute atomic E-state index is 0.416. The van der Waals surface area contributed by atoms with Crippen molar-refractivity contribution >= 4 is 17.6 Å². The molecule has 7 heteroatoms. The van der Waals surface area contributed by atoms with Crippen molar-refractivity contribution in [3.8, 4) is 11.5 Å². The number of carboxylic acids is 1. The first-order valence-corrected chi connectivity index (χ1v) is 7.14. The Morgan fingerprint density at radius 1 is 1.13 bits per heavy atom. The van der Waals surface area contributed by atoms with E-state index in [1.807, 2.05) is 0 Å². The monoisotopic (exact) mass is 319 g/mol. The van der Waals surface area contributed by atoms with Crippen molar-refractivity contribution in [3.63, 3.8) is 0 Å². The lowest BCUT2D eigenvalue weighted by molar-refractivity contribution is -0.145. The molecule has 0 saturated carbocycles. The lowest BCUT2D eigenvalue weighted by Gasteiger charge is -2.21. The van der Waals surface area contributed by atoms with Crippen LogP contribution >= 0.6 is 0 Å². The zero-order chi connectivity index (χ0) is 16.6. The highest BCUT2D eigenvalue weighted by atomic mass is 16.5. The molecule has 1 amide bonds. The lowest BCUT2D eigenvalue weighted by atomic mass is 9.82. The van der Waals surface area contributed by atoms with Gasteiger partial charge in [0.2, 0.25) is 5.91 Å².